The molecule has 0 fully saturated rings. The lowest BCUT2D eigenvalue weighted by atomic mass is 10.2. The largest absolute Gasteiger partial charge is 0.356 e. The lowest BCUT2D eigenvalue weighted by Gasteiger charge is -2.06. The van der Waals surface area contributed by atoms with Crippen molar-refractivity contribution in [3.8, 4) is 0 Å². The summed E-state index contributed by atoms with van der Waals surface area (Å²) in [6, 6.07) is 0. The zero-order valence-electron chi connectivity index (χ0n) is 13.3. The Kier molecular flexibility index (Phi) is 12.4. The summed E-state index contributed by atoms with van der Waals surface area (Å²) in [5, 5.41) is 8.37. The number of carbonyl (C=O) groups is 3. The second-order valence-corrected chi connectivity index (χ2v) is 5.19. The van der Waals surface area contributed by atoms with Gasteiger partial charge in [-0.2, -0.15) is 0 Å². The highest BCUT2D eigenvalue weighted by Gasteiger charge is 2.00. The lowest BCUT2D eigenvalue weighted by Crippen LogP contribution is -2.25. The standard InChI is InChI=1S/C15H29N3O3/c1-13(19)16-10-6-3-5-9-15(21)18-12-8-4-7-11-17-14(2)20/h3-12H2,1-2H3,(H,16,19)(H,17,20)(H,18,21). The van der Waals surface area contributed by atoms with Crippen molar-refractivity contribution in [3.63, 3.8) is 0 Å². The number of carbonyl (C=O) groups excluding carboxylic acids is 3. The molecule has 0 spiro atoms. The monoisotopic (exact) mass is 299 g/mol. The van der Waals surface area contributed by atoms with E-state index in [1.807, 2.05) is 0 Å². The maximum absolute atomic E-state index is 11.5. The van der Waals surface area contributed by atoms with Crippen molar-refractivity contribution in [2.24, 2.45) is 0 Å². The Morgan fingerprint density at radius 2 is 1.05 bits per heavy atom. The summed E-state index contributed by atoms with van der Waals surface area (Å²) >= 11 is 0. The Morgan fingerprint density at radius 1 is 0.619 bits per heavy atom. The van der Waals surface area contributed by atoms with E-state index < -0.39 is 0 Å². The van der Waals surface area contributed by atoms with Crippen LogP contribution < -0.4 is 16.0 Å². The van der Waals surface area contributed by atoms with E-state index in [9.17, 15) is 14.4 Å². The van der Waals surface area contributed by atoms with E-state index in [-0.39, 0.29) is 17.7 Å². The molecule has 0 heterocycles. The molecule has 0 aromatic rings. The molecule has 3 N–H and O–H groups in total. The molecule has 0 radical (unpaired) electrons. The van der Waals surface area contributed by atoms with E-state index in [1.165, 1.54) is 13.8 Å². The highest BCUT2D eigenvalue weighted by Crippen LogP contribution is 1.99. The minimum absolute atomic E-state index is 0.00167. The van der Waals surface area contributed by atoms with Gasteiger partial charge in [0.15, 0.2) is 0 Å². The van der Waals surface area contributed by atoms with Gasteiger partial charge in [0.1, 0.15) is 0 Å². The first-order valence-corrected chi connectivity index (χ1v) is 7.78. The van der Waals surface area contributed by atoms with E-state index in [1.54, 1.807) is 0 Å². The summed E-state index contributed by atoms with van der Waals surface area (Å²) in [4.78, 5) is 32.8. The summed E-state index contributed by atoms with van der Waals surface area (Å²) in [6.45, 7) is 5.10. The van der Waals surface area contributed by atoms with Gasteiger partial charge in [0, 0.05) is 39.9 Å². The van der Waals surface area contributed by atoms with Crippen molar-refractivity contribution >= 4 is 17.7 Å². The maximum atomic E-state index is 11.5. The molecule has 0 unspecified atom stereocenters. The van der Waals surface area contributed by atoms with Crippen molar-refractivity contribution in [2.45, 2.75) is 58.8 Å². The molecule has 0 saturated carbocycles. The molecule has 0 aromatic carbocycles. The van der Waals surface area contributed by atoms with Crippen LogP contribution in [0.25, 0.3) is 0 Å². The fourth-order valence-corrected chi connectivity index (χ4v) is 1.86. The number of nitrogens with one attached hydrogen (secondary N) is 3. The second kappa shape index (κ2) is 13.4. The van der Waals surface area contributed by atoms with Gasteiger partial charge >= 0.3 is 0 Å². The van der Waals surface area contributed by atoms with Crippen LogP contribution in [0.5, 0.6) is 0 Å². The van der Waals surface area contributed by atoms with Gasteiger partial charge in [-0.3, -0.25) is 14.4 Å². The second-order valence-electron chi connectivity index (χ2n) is 5.19. The molecule has 122 valence electrons. The zero-order valence-corrected chi connectivity index (χ0v) is 13.3. The van der Waals surface area contributed by atoms with Gasteiger partial charge < -0.3 is 16.0 Å². The predicted molar refractivity (Wildman–Crippen MR) is 82.7 cm³/mol. The average molecular weight is 299 g/mol. The molecule has 0 atom stereocenters. The van der Waals surface area contributed by atoms with Crippen LogP contribution in [-0.2, 0) is 14.4 Å². The number of hydrogen-bond donors (Lipinski definition) is 3. The molecule has 21 heavy (non-hydrogen) atoms. The summed E-state index contributed by atoms with van der Waals surface area (Å²) in [5.74, 6) is 0.0874. The quantitative estimate of drug-likeness (QED) is 0.472. The minimum atomic E-state index is -0.00811. The molecule has 6 heteroatoms. The van der Waals surface area contributed by atoms with E-state index in [0.29, 0.717) is 26.1 Å². The van der Waals surface area contributed by atoms with Crippen LogP contribution in [0, 0.1) is 0 Å². The van der Waals surface area contributed by atoms with Crippen molar-refractivity contribution in [2.75, 3.05) is 19.6 Å². The van der Waals surface area contributed by atoms with Crippen LogP contribution in [0.4, 0.5) is 0 Å². The third-order valence-corrected chi connectivity index (χ3v) is 3.00. The summed E-state index contributed by atoms with van der Waals surface area (Å²) in [6.07, 6.45) is 6.14. The van der Waals surface area contributed by atoms with E-state index in [2.05, 4.69) is 16.0 Å². The predicted octanol–water partition coefficient (Wildman–Crippen LogP) is 1.11. The van der Waals surface area contributed by atoms with Gasteiger partial charge in [0.05, 0.1) is 0 Å². The molecule has 0 bridgehead atoms. The lowest BCUT2D eigenvalue weighted by molar-refractivity contribution is -0.121. The SMILES string of the molecule is CC(=O)NCCCCCNC(=O)CCCCCNC(C)=O. The average Bonchev–Trinajstić information content (AvgIpc) is 2.41. The normalized spacial score (nSPS) is 10.0. The molecule has 0 aromatic heterocycles. The zero-order chi connectivity index (χ0) is 15.9. The molecule has 0 aliphatic rings. The summed E-state index contributed by atoms with van der Waals surface area (Å²) < 4.78 is 0. The first-order valence-electron chi connectivity index (χ1n) is 7.78. The molecule has 0 aliphatic carbocycles. The number of amides is 3. The van der Waals surface area contributed by atoms with E-state index in [0.717, 1.165) is 38.5 Å². The van der Waals surface area contributed by atoms with Crippen molar-refractivity contribution < 1.29 is 14.4 Å². The van der Waals surface area contributed by atoms with Crippen LogP contribution in [-0.4, -0.2) is 37.4 Å². The van der Waals surface area contributed by atoms with Crippen molar-refractivity contribution in [1.82, 2.24) is 16.0 Å². The fourth-order valence-electron chi connectivity index (χ4n) is 1.86. The molecular weight excluding hydrogens is 270 g/mol. The van der Waals surface area contributed by atoms with Gasteiger partial charge in [-0.15, -0.1) is 0 Å². The van der Waals surface area contributed by atoms with Crippen LogP contribution in [0.3, 0.4) is 0 Å². The van der Waals surface area contributed by atoms with Gasteiger partial charge in [-0.05, 0) is 32.1 Å². The molecule has 3 amide bonds. The Morgan fingerprint density at radius 3 is 1.52 bits per heavy atom. The van der Waals surface area contributed by atoms with Gasteiger partial charge in [0.25, 0.3) is 0 Å². The number of unbranched alkanes of at least 4 members (excludes halogenated alkanes) is 4. The number of rotatable bonds is 12. The third-order valence-electron chi connectivity index (χ3n) is 3.00. The fraction of sp³-hybridized carbons (Fsp3) is 0.800. The Labute approximate surface area is 127 Å². The molecule has 0 rings (SSSR count). The summed E-state index contributed by atoms with van der Waals surface area (Å²) in [5.41, 5.74) is 0. The van der Waals surface area contributed by atoms with Gasteiger partial charge in [0.2, 0.25) is 17.7 Å². The van der Waals surface area contributed by atoms with Gasteiger partial charge in [-0.1, -0.05) is 6.42 Å². The topological polar surface area (TPSA) is 87.3 Å². The molecular formula is C15H29N3O3. The Bertz CT molecular complexity index is 319. The van der Waals surface area contributed by atoms with Crippen LogP contribution >= 0.6 is 0 Å². The minimum Gasteiger partial charge on any atom is -0.356 e. The van der Waals surface area contributed by atoms with E-state index >= 15 is 0 Å². The van der Waals surface area contributed by atoms with Crippen LogP contribution in [0.1, 0.15) is 58.8 Å². The van der Waals surface area contributed by atoms with Gasteiger partial charge in [-0.25, -0.2) is 0 Å². The highest BCUT2D eigenvalue weighted by molar-refractivity contribution is 5.75. The van der Waals surface area contributed by atoms with Crippen molar-refractivity contribution in [3.05, 3.63) is 0 Å². The Balaban J connectivity index is 3.23. The maximum Gasteiger partial charge on any atom is 0.219 e. The van der Waals surface area contributed by atoms with Crippen molar-refractivity contribution in [1.29, 1.82) is 0 Å². The molecule has 6 nitrogen and oxygen atoms in total. The van der Waals surface area contributed by atoms with E-state index in [4.69, 9.17) is 0 Å². The van der Waals surface area contributed by atoms with Crippen LogP contribution in [0.15, 0.2) is 0 Å². The first kappa shape index (κ1) is 19.4. The first-order chi connectivity index (χ1) is 10.0. The van der Waals surface area contributed by atoms with Crippen LogP contribution in [0.2, 0.25) is 0 Å². The third kappa shape index (κ3) is 16.4. The molecule has 0 saturated heterocycles. The number of hydrogen-bond acceptors (Lipinski definition) is 3. The Hall–Kier alpha value is -1.59. The smallest absolute Gasteiger partial charge is 0.219 e. The molecule has 0 aliphatic heterocycles. The summed E-state index contributed by atoms with van der Waals surface area (Å²) in [7, 11) is 0. The highest BCUT2D eigenvalue weighted by atomic mass is 16.2.